The highest BCUT2D eigenvalue weighted by atomic mass is 35.5. The second-order valence-electron chi connectivity index (χ2n) is 6.74. The second kappa shape index (κ2) is 7.11. The molecule has 0 saturated heterocycles. The Bertz CT molecular complexity index is 1340. The first-order valence-corrected chi connectivity index (χ1v) is 9.56. The minimum absolute atomic E-state index is 0.571. The summed E-state index contributed by atoms with van der Waals surface area (Å²) in [6, 6.07) is 17.6. The molecule has 5 nitrogen and oxygen atoms in total. The van der Waals surface area contributed by atoms with Crippen LogP contribution in [-0.2, 0) is 0 Å². The average Bonchev–Trinajstić information content (AvgIpc) is 3.22. The van der Waals surface area contributed by atoms with Crippen molar-refractivity contribution in [2.75, 3.05) is 0 Å². The summed E-state index contributed by atoms with van der Waals surface area (Å²) in [6.45, 7) is 1.95. The standard InChI is InChI=1S/C23H16ClN5/c1-14-5-4-8-20(27-14)23-28-21(18-9-10-26-22(18)29-23)16-11-15(12-25-13-16)17-6-2-3-7-19(17)24/h2-13H,1H3,(H,26,28,29). The first kappa shape index (κ1) is 17.5. The molecule has 0 radical (unpaired) electrons. The van der Waals surface area contributed by atoms with Crippen molar-refractivity contribution in [2.45, 2.75) is 6.92 Å². The number of benzene rings is 1. The average molecular weight is 398 g/mol. The summed E-state index contributed by atoms with van der Waals surface area (Å²) < 4.78 is 0. The molecule has 5 rings (SSSR count). The van der Waals surface area contributed by atoms with Crippen LogP contribution >= 0.6 is 11.6 Å². The van der Waals surface area contributed by atoms with Gasteiger partial charge in [0, 0.05) is 51.4 Å². The molecule has 4 heterocycles. The lowest BCUT2D eigenvalue weighted by Crippen LogP contribution is -1.97. The van der Waals surface area contributed by atoms with Gasteiger partial charge in [-0.3, -0.25) is 4.98 Å². The number of nitrogens with zero attached hydrogens (tertiary/aromatic N) is 4. The molecule has 0 amide bonds. The van der Waals surface area contributed by atoms with E-state index in [1.807, 2.05) is 74.0 Å². The summed E-state index contributed by atoms with van der Waals surface area (Å²) in [7, 11) is 0. The van der Waals surface area contributed by atoms with Gasteiger partial charge in [0.25, 0.3) is 0 Å². The topological polar surface area (TPSA) is 67.3 Å². The Kier molecular flexibility index (Phi) is 4.30. The number of rotatable bonds is 3. The molecule has 0 spiro atoms. The van der Waals surface area contributed by atoms with Gasteiger partial charge in [-0.05, 0) is 37.3 Å². The van der Waals surface area contributed by atoms with Gasteiger partial charge in [0.15, 0.2) is 5.82 Å². The largest absolute Gasteiger partial charge is 0.346 e. The number of H-pyrrole nitrogens is 1. The van der Waals surface area contributed by atoms with E-state index in [0.717, 1.165) is 44.8 Å². The predicted molar refractivity (Wildman–Crippen MR) is 116 cm³/mol. The fourth-order valence-corrected chi connectivity index (χ4v) is 3.60. The van der Waals surface area contributed by atoms with E-state index in [9.17, 15) is 0 Å². The van der Waals surface area contributed by atoms with Crippen LogP contribution in [-0.4, -0.2) is 24.9 Å². The van der Waals surface area contributed by atoms with Crippen molar-refractivity contribution in [3.8, 4) is 33.9 Å². The molecule has 29 heavy (non-hydrogen) atoms. The maximum absolute atomic E-state index is 6.39. The van der Waals surface area contributed by atoms with E-state index in [4.69, 9.17) is 16.6 Å². The fraction of sp³-hybridized carbons (Fsp3) is 0.0435. The maximum atomic E-state index is 6.39. The zero-order valence-corrected chi connectivity index (χ0v) is 16.4. The molecular formula is C23H16ClN5. The molecule has 140 valence electrons. The maximum Gasteiger partial charge on any atom is 0.180 e. The number of aromatic amines is 1. The molecule has 0 aliphatic heterocycles. The van der Waals surface area contributed by atoms with Gasteiger partial charge in [0.1, 0.15) is 11.3 Å². The fourth-order valence-electron chi connectivity index (χ4n) is 3.36. The van der Waals surface area contributed by atoms with Crippen LogP contribution in [0.3, 0.4) is 0 Å². The summed E-state index contributed by atoms with van der Waals surface area (Å²) in [6.07, 6.45) is 5.48. The minimum atomic E-state index is 0.571. The molecule has 4 aromatic heterocycles. The Morgan fingerprint density at radius 2 is 1.72 bits per heavy atom. The highest BCUT2D eigenvalue weighted by Gasteiger charge is 2.14. The van der Waals surface area contributed by atoms with Gasteiger partial charge < -0.3 is 4.98 Å². The van der Waals surface area contributed by atoms with Crippen LogP contribution < -0.4 is 0 Å². The number of aromatic nitrogens is 5. The van der Waals surface area contributed by atoms with Crippen molar-refractivity contribution < 1.29 is 0 Å². The Morgan fingerprint density at radius 1 is 0.862 bits per heavy atom. The van der Waals surface area contributed by atoms with Gasteiger partial charge in [-0.1, -0.05) is 35.9 Å². The molecule has 1 N–H and O–H groups in total. The lowest BCUT2D eigenvalue weighted by molar-refractivity contribution is 1.13. The molecule has 0 aliphatic rings. The van der Waals surface area contributed by atoms with Gasteiger partial charge in [-0.25, -0.2) is 15.0 Å². The van der Waals surface area contributed by atoms with E-state index in [1.165, 1.54) is 0 Å². The van der Waals surface area contributed by atoms with Gasteiger partial charge in [0.2, 0.25) is 0 Å². The molecule has 1 aromatic carbocycles. The quantitative estimate of drug-likeness (QED) is 0.423. The molecule has 0 bridgehead atoms. The number of aryl methyl sites for hydroxylation is 1. The van der Waals surface area contributed by atoms with E-state index in [2.05, 4.69) is 26.0 Å². The highest BCUT2D eigenvalue weighted by Crippen LogP contribution is 2.32. The Morgan fingerprint density at radius 3 is 2.59 bits per heavy atom. The molecular weight excluding hydrogens is 382 g/mol. The number of nitrogens with one attached hydrogen (secondary N) is 1. The van der Waals surface area contributed by atoms with Crippen molar-refractivity contribution in [3.63, 3.8) is 0 Å². The van der Waals surface area contributed by atoms with Crippen LogP contribution in [0.5, 0.6) is 0 Å². The van der Waals surface area contributed by atoms with Crippen molar-refractivity contribution in [1.82, 2.24) is 24.9 Å². The molecule has 0 aliphatic carbocycles. The van der Waals surface area contributed by atoms with E-state index >= 15 is 0 Å². The summed E-state index contributed by atoms with van der Waals surface area (Å²) in [5, 5.41) is 1.62. The Labute approximate surface area is 172 Å². The number of halogens is 1. The zero-order chi connectivity index (χ0) is 19.8. The van der Waals surface area contributed by atoms with Crippen LogP contribution in [0.4, 0.5) is 0 Å². The number of pyridine rings is 2. The molecule has 5 aromatic rings. The van der Waals surface area contributed by atoms with Crippen molar-refractivity contribution in [2.24, 2.45) is 0 Å². The summed E-state index contributed by atoms with van der Waals surface area (Å²) >= 11 is 6.39. The van der Waals surface area contributed by atoms with Crippen molar-refractivity contribution in [3.05, 3.63) is 83.9 Å². The van der Waals surface area contributed by atoms with Crippen molar-refractivity contribution >= 4 is 22.6 Å². The third kappa shape index (κ3) is 3.26. The minimum Gasteiger partial charge on any atom is -0.346 e. The third-order valence-corrected chi connectivity index (χ3v) is 5.06. The summed E-state index contributed by atoms with van der Waals surface area (Å²) in [5.74, 6) is 0.571. The lowest BCUT2D eigenvalue weighted by Gasteiger charge is -2.09. The molecule has 0 unspecified atom stereocenters. The summed E-state index contributed by atoms with van der Waals surface area (Å²) in [5.41, 5.74) is 5.98. The monoisotopic (exact) mass is 397 g/mol. The van der Waals surface area contributed by atoms with Gasteiger partial charge in [-0.2, -0.15) is 0 Å². The normalized spacial score (nSPS) is 11.1. The number of hydrogen-bond donors (Lipinski definition) is 1. The Balaban J connectivity index is 1.70. The first-order valence-electron chi connectivity index (χ1n) is 9.18. The third-order valence-electron chi connectivity index (χ3n) is 4.73. The summed E-state index contributed by atoms with van der Waals surface area (Å²) in [4.78, 5) is 21.7. The predicted octanol–water partition coefficient (Wildman–Crippen LogP) is 5.71. The number of hydrogen-bond acceptors (Lipinski definition) is 4. The molecule has 0 atom stereocenters. The lowest BCUT2D eigenvalue weighted by atomic mass is 10.0. The van der Waals surface area contributed by atoms with Crippen LogP contribution in [0, 0.1) is 6.92 Å². The van der Waals surface area contributed by atoms with Gasteiger partial charge in [0.05, 0.1) is 5.69 Å². The first-order chi connectivity index (χ1) is 14.2. The van der Waals surface area contributed by atoms with E-state index in [0.29, 0.717) is 10.8 Å². The Hall–Kier alpha value is -3.57. The van der Waals surface area contributed by atoms with Crippen LogP contribution in [0.15, 0.2) is 73.2 Å². The smallest absolute Gasteiger partial charge is 0.180 e. The van der Waals surface area contributed by atoms with Gasteiger partial charge >= 0.3 is 0 Å². The highest BCUT2D eigenvalue weighted by molar-refractivity contribution is 6.33. The van der Waals surface area contributed by atoms with E-state index in [-0.39, 0.29) is 0 Å². The molecule has 0 saturated carbocycles. The van der Waals surface area contributed by atoms with Crippen LogP contribution in [0.2, 0.25) is 5.02 Å². The van der Waals surface area contributed by atoms with Gasteiger partial charge in [-0.15, -0.1) is 0 Å². The second-order valence-corrected chi connectivity index (χ2v) is 7.15. The molecule has 0 fully saturated rings. The van der Waals surface area contributed by atoms with Crippen LogP contribution in [0.1, 0.15) is 5.69 Å². The van der Waals surface area contributed by atoms with E-state index < -0.39 is 0 Å². The van der Waals surface area contributed by atoms with E-state index in [1.54, 1.807) is 0 Å². The zero-order valence-electron chi connectivity index (χ0n) is 15.6. The SMILES string of the molecule is Cc1cccc(-c2nc(-c3cncc(-c4ccccc4Cl)c3)c3cc[nH]c3n2)n1. The number of fused-ring (bicyclic) bond motifs is 1. The van der Waals surface area contributed by atoms with Crippen molar-refractivity contribution in [1.29, 1.82) is 0 Å². The molecule has 6 heteroatoms. The van der Waals surface area contributed by atoms with Crippen LogP contribution in [0.25, 0.3) is 44.9 Å².